The summed E-state index contributed by atoms with van der Waals surface area (Å²) in [6, 6.07) is 5.05. The van der Waals surface area contributed by atoms with E-state index in [-0.39, 0.29) is 11.8 Å². The lowest BCUT2D eigenvalue weighted by molar-refractivity contribution is -0.253. The van der Waals surface area contributed by atoms with Crippen LogP contribution in [0.4, 0.5) is 17.6 Å². The topological polar surface area (TPSA) is 61.3 Å². The van der Waals surface area contributed by atoms with Crippen LogP contribution in [0.2, 0.25) is 0 Å². The molecule has 0 saturated heterocycles. The van der Waals surface area contributed by atoms with Gasteiger partial charge in [0.2, 0.25) is 0 Å². The van der Waals surface area contributed by atoms with E-state index in [2.05, 4.69) is 4.74 Å². The summed E-state index contributed by atoms with van der Waals surface area (Å²) in [6.45, 7) is 0.509. The van der Waals surface area contributed by atoms with Crippen molar-refractivity contribution in [3.63, 3.8) is 0 Å². The minimum atomic E-state index is -4.50. The van der Waals surface area contributed by atoms with Gasteiger partial charge in [-0.3, -0.25) is 0 Å². The third-order valence-corrected chi connectivity index (χ3v) is 2.54. The molecule has 0 aliphatic heterocycles. The summed E-state index contributed by atoms with van der Waals surface area (Å²) in [5.41, 5.74) is 11.9. The summed E-state index contributed by atoms with van der Waals surface area (Å²) in [4.78, 5) is 0. The Labute approximate surface area is 108 Å². The normalized spacial score (nSPS) is 13.6. The molecule has 0 aromatic heterocycles. The Hall–Kier alpha value is -1.34. The Morgan fingerprint density at radius 2 is 1.74 bits per heavy atom. The summed E-state index contributed by atoms with van der Waals surface area (Å²) < 4.78 is 53.1. The van der Waals surface area contributed by atoms with E-state index in [1.165, 1.54) is 24.3 Å². The van der Waals surface area contributed by atoms with Crippen LogP contribution in [0.1, 0.15) is 24.4 Å². The highest BCUT2D eigenvalue weighted by Crippen LogP contribution is 2.28. The maximum Gasteiger partial charge on any atom is 0.461 e. The largest absolute Gasteiger partial charge is 0.461 e. The van der Waals surface area contributed by atoms with E-state index in [1.807, 2.05) is 0 Å². The Kier molecular flexibility index (Phi) is 5.56. The van der Waals surface area contributed by atoms with E-state index in [9.17, 15) is 17.6 Å². The third-order valence-electron chi connectivity index (χ3n) is 2.54. The number of benzene rings is 1. The van der Waals surface area contributed by atoms with Gasteiger partial charge in [-0.2, -0.15) is 17.6 Å². The smallest absolute Gasteiger partial charge is 0.428 e. The van der Waals surface area contributed by atoms with Crippen LogP contribution in [0.25, 0.3) is 0 Å². The summed E-state index contributed by atoms with van der Waals surface area (Å²) in [5, 5.41) is 0. The van der Waals surface area contributed by atoms with E-state index in [0.717, 1.165) is 6.42 Å². The lowest BCUT2D eigenvalue weighted by atomic mass is 10.0. The quantitative estimate of drug-likeness (QED) is 0.755. The van der Waals surface area contributed by atoms with Crippen LogP contribution in [-0.2, 0) is 0 Å². The number of hydrogen-bond acceptors (Lipinski definition) is 3. The van der Waals surface area contributed by atoms with Gasteiger partial charge in [0.05, 0.1) is 0 Å². The molecule has 1 aromatic rings. The minimum Gasteiger partial charge on any atom is -0.428 e. The molecule has 0 bridgehead atoms. The fourth-order valence-corrected chi connectivity index (χ4v) is 1.49. The van der Waals surface area contributed by atoms with E-state index < -0.39 is 12.5 Å². The zero-order valence-electron chi connectivity index (χ0n) is 10.2. The fraction of sp³-hybridized carbons (Fsp3) is 0.500. The first kappa shape index (κ1) is 15.7. The molecule has 0 amide bonds. The van der Waals surface area contributed by atoms with E-state index >= 15 is 0 Å². The monoisotopic (exact) mass is 280 g/mol. The second-order valence-electron chi connectivity index (χ2n) is 4.07. The first-order valence-electron chi connectivity index (χ1n) is 5.77. The molecule has 108 valence electrons. The lowest BCUT2D eigenvalue weighted by Gasteiger charge is -2.17. The highest BCUT2D eigenvalue weighted by molar-refractivity contribution is 5.29. The van der Waals surface area contributed by atoms with Crippen LogP contribution in [0.5, 0.6) is 5.75 Å². The Balaban J connectivity index is 2.66. The van der Waals surface area contributed by atoms with Crippen molar-refractivity contribution in [2.24, 2.45) is 11.5 Å². The summed E-state index contributed by atoms with van der Waals surface area (Å²) in [5.74, 6) is -0.333. The molecular formula is C12H16F4N2O. The molecule has 0 unspecified atom stereocenters. The first-order chi connectivity index (χ1) is 8.86. The molecule has 4 N–H and O–H groups in total. The second kappa shape index (κ2) is 6.72. The van der Waals surface area contributed by atoms with Crippen LogP contribution in [0.15, 0.2) is 24.3 Å². The molecule has 0 aliphatic rings. The summed E-state index contributed by atoms with van der Waals surface area (Å²) >= 11 is 0. The molecule has 1 rings (SSSR count). The molecule has 0 aliphatic carbocycles. The number of nitrogens with two attached hydrogens (primary N) is 2. The van der Waals surface area contributed by atoms with Gasteiger partial charge >= 0.3 is 12.5 Å². The number of hydrogen-bond donors (Lipinski definition) is 2. The molecule has 1 atom stereocenters. The number of halogens is 4. The fourth-order valence-electron chi connectivity index (χ4n) is 1.49. The average molecular weight is 280 g/mol. The number of ether oxygens (including phenoxy) is 1. The second-order valence-corrected chi connectivity index (χ2v) is 4.07. The minimum absolute atomic E-state index is 0.270. The van der Waals surface area contributed by atoms with Crippen molar-refractivity contribution in [2.45, 2.75) is 31.4 Å². The zero-order valence-corrected chi connectivity index (χ0v) is 10.2. The molecule has 0 spiro atoms. The van der Waals surface area contributed by atoms with Crippen molar-refractivity contribution in [3.05, 3.63) is 29.8 Å². The molecule has 1 aromatic carbocycles. The van der Waals surface area contributed by atoms with Crippen molar-refractivity contribution in [1.82, 2.24) is 0 Å². The van der Waals surface area contributed by atoms with Gasteiger partial charge in [-0.25, -0.2) is 0 Å². The molecule has 0 heterocycles. The maximum atomic E-state index is 12.6. The average Bonchev–Trinajstić information content (AvgIpc) is 2.36. The van der Waals surface area contributed by atoms with E-state index in [1.54, 1.807) is 0 Å². The van der Waals surface area contributed by atoms with Crippen LogP contribution in [0.3, 0.4) is 0 Å². The van der Waals surface area contributed by atoms with Crippen molar-refractivity contribution in [1.29, 1.82) is 0 Å². The molecule has 0 fully saturated rings. The summed E-state index contributed by atoms with van der Waals surface area (Å²) in [6.07, 6.45) is -6.98. The van der Waals surface area contributed by atoms with Gasteiger partial charge in [-0.1, -0.05) is 12.1 Å². The van der Waals surface area contributed by atoms with Gasteiger partial charge in [-0.05, 0) is 37.1 Å². The Morgan fingerprint density at radius 1 is 1.16 bits per heavy atom. The van der Waals surface area contributed by atoms with Crippen molar-refractivity contribution >= 4 is 0 Å². The standard InChI is InChI=1S/C12H16F4N2O/c13-11(14)12(15,16)19-9-5-3-8(4-6-9)10(18)2-1-7-17/h3-6,10-11H,1-2,7,17-18H2/t10-/m0/s1. The third kappa shape index (κ3) is 4.68. The molecule has 0 radical (unpaired) electrons. The molecular weight excluding hydrogens is 264 g/mol. The van der Waals surface area contributed by atoms with Gasteiger partial charge < -0.3 is 16.2 Å². The van der Waals surface area contributed by atoms with Gasteiger partial charge in [0.1, 0.15) is 5.75 Å². The highest BCUT2D eigenvalue weighted by Gasteiger charge is 2.43. The Bertz CT molecular complexity index is 384. The molecule has 19 heavy (non-hydrogen) atoms. The van der Waals surface area contributed by atoms with Crippen molar-refractivity contribution in [2.75, 3.05) is 6.54 Å². The lowest BCUT2D eigenvalue weighted by Crippen LogP contribution is -2.33. The van der Waals surface area contributed by atoms with E-state index in [0.29, 0.717) is 18.5 Å². The SMILES string of the molecule is NCCC[C@H](N)c1ccc(OC(F)(F)C(F)F)cc1. The van der Waals surface area contributed by atoms with Gasteiger partial charge in [-0.15, -0.1) is 0 Å². The van der Waals surface area contributed by atoms with Crippen LogP contribution in [-0.4, -0.2) is 19.1 Å². The molecule has 0 saturated carbocycles. The van der Waals surface area contributed by atoms with Crippen molar-refractivity contribution < 1.29 is 22.3 Å². The van der Waals surface area contributed by atoms with Gasteiger partial charge in [0, 0.05) is 6.04 Å². The number of rotatable bonds is 7. The maximum absolute atomic E-state index is 12.6. The number of alkyl halides is 4. The molecule has 3 nitrogen and oxygen atoms in total. The van der Waals surface area contributed by atoms with Crippen molar-refractivity contribution in [3.8, 4) is 5.75 Å². The Morgan fingerprint density at radius 3 is 2.21 bits per heavy atom. The summed E-state index contributed by atoms with van der Waals surface area (Å²) in [7, 11) is 0. The van der Waals surface area contributed by atoms with Crippen LogP contribution in [0, 0.1) is 0 Å². The highest BCUT2D eigenvalue weighted by atomic mass is 19.3. The van der Waals surface area contributed by atoms with E-state index in [4.69, 9.17) is 11.5 Å². The molecule has 7 heteroatoms. The zero-order chi connectivity index (χ0) is 14.5. The van der Waals surface area contributed by atoms with Gasteiger partial charge in [0.15, 0.2) is 0 Å². The first-order valence-corrected chi connectivity index (χ1v) is 5.77. The predicted octanol–water partition coefficient (Wildman–Crippen LogP) is 2.66. The van der Waals surface area contributed by atoms with Gasteiger partial charge in [0.25, 0.3) is 0 Å². The van der Waals surface area contributed by atoms with Crippen LogP contribution < -0.4 is 16.2 Å². The predicted molar refractivity (Wildman–Crippen MR) is 63.2 cm³/mol. The van der Waals surface area contributed by atoms with Crippen LogP contribution >= 0.6 is 0 Å².